The fourth-order valence-corrected chi connectivity index (χ4v) is 2.39. The summed E-state index contributed by atoms with van der Waals surface area (Å²) < 4.78 is 5.50. The Balaban J connectivity index is 2.55. The Morgan fingerprint density at radius 2 is 2.00 bits per heavy atom. The minimum absolute atomic E-state index is 0.129. The lowest BCUT2D eigenvalue weighted by Gasteiger charge is -2.37. The molecule has 1 aliphatic heterocycles. The molecule has 1 saturated heterocycles. The number of hydrogen-bond donors (Lipinski definition) is 0. The van der Waals surface area contributed by atoms with E-state index < -0.39 is 5.60 Å². The van der Waals surface area contributed by atoms with Gasteiger partial charge in [-0.05, 0) is 58.8 Å². The van der Waals surface area contributed by atoms with Gasteiger partial charge in [-0.1, -0.05) is 13.8 Å². The molecular formula is C15H29NO2. The molecule has 1 atom stereocenters. The lowest BCUT2D eigenvalue weighted by molar-refractivity contribution is 0.00826. The molecule has 1 rings (SSSR count). The van der Waals surface area contributed by atoms with E-state index in [-0.39, 0.29) is 6.09 Å². The van der Waals surface area contributed by atoms with Gasteiger partial charge in [-0.3, -0.25) is 0 Å². The van der Waals surface area contributed by atoms with Crippen LogP contribution in [0.5, 0.6) is 0 Å². The molecule has 0 bridgehead atoms. The number of carbonyl (C=O) groups is 1. The second kappa shape index (κ2) is 6.44. The Hall–Kier alpha value is -0.730. The third-order valence-electron chi connectivity index (χ3n) is 3.33. The minimum atomic E-state index is -0.392. The average Bonchev–Trinajstić information content (AvgIpc) is 2.24. The van der Waals surface area contributed by atoms with Crippen LogP contribution in [0, 0.1) is 5.92 Å². The highest BCUT2D eigenvalue weighted by Crippen LogP contribution is 2.24. The highest BCUT2D eigenvalue weighted by molar-refractivity contribution is 5.68. The van der Waals surface area contributed by atoms with Crippen molar-refractivity contribution >= 4 is 6.09 Å². The van der Waals surface area contributed by atoms with Crippen molar-refractivity contribution in [3.63, 3.8) is 0 Å². The van der Waals surface area contributed by atoms with Gasteiger partial charge in [0.2, 0.25) is 0 Å². The molecule has 0 N–H and O–H groups in total. The van der Waals surface area contributed by atoms with Crippen LogP contribution in [0.3, 0.4) is 0 Å². The van der Waals surface area contributed by atoms with Crippen molar-refractivity contribution < 1.29 is 9.53 Å². The van der Waals surface area contributed by atoms with Gasteiger partial charge in [0.15, 0.2) is 0 Å². The molecule has 1 amide bonds. The van der Waals surface area contributed by atoms with Gasteiger partial charge in [0, 0.05) is 12.6 Å². The lowest BCUT2D eigenvalue weighted by Crippen LogP contribution is -2.46. The molecule has 3 nitrogen and oxygen atoms in total. The summed E-state index contributed by atoms with van der Waals surface area (Å²) in [5.41, 5.74) is -0.392. The third kappa shape index (κ3) is 5.28. The van der Waals surface area contributed by atoms with Crippen LogP contribution in [-0.2, 0) is 4.74 Å². The quantitative estimate of drug-likeness (QED) is 0.756. The van der Waals surface area contributed by atoms with Crippen LogP contribution in [0.1, 0.15) is 66.7 Å². The number of nitrogens with zero attached hydrogens (tertiary/aromatic N) is 1. The van der Waals surface area contributed by atoms with E-state index in [0.29, 0.717) is 12.0 Å². The molecule has 1 unspecified atom stereocenters. The van der Waals surface area contributed by atoms with Gasteiger partial charge in [-0.2, -0.15) is 0 Å². The summed E-state index contributed by atoms with van der Waals surface area (Å²) >= 11 is 0. The summed E-state index contributed by atoms with van der Waals surface area (Å²) in [6.07, 6.45) is 5.64. The van der Waals surface area contributed by atoms with Crippen LogP contribution in [0.15, 0.2) is 0 Å². The molecule has 0 radical (unpaired) electrons. The van der Waals surface area contributed by atoms with E-state index in [9.17, 15) is 4.79 Å². The van der Waals surface area contributed by atoms with E-state index in [1.807, 2.05) is 25.7 Å². The Kier molecular flexibility index (Phi) is 5.48. The molecule has 18 heavy (non-hydrogen) atoms. The predicted octanol–water partition coefficient (Wildman–Crippen LogP) is 4.21. The maximum absolute atomic E-state index is 12.2. The maximum atomic E-state index is 12.2. The zero-order valence-electron chi connectivity index (χ0n) is 12.7. The largest absolute Gasteiger partial charge is 0.444 e. The summed E-state index contributed by atoms with van der Waals surface area (Å²) in [6.45, 7) is 11.1. The van der Waals surface area contributed by atoms with Crippen LogP contribution in [0.25, 0.3) is 0 Å². The van der Waals surface area contributed by atoms with E-state index in [4.69, 9.17) is 4.74 Å². The topological polar surface area (TPSA) is 29.5 Å². The molecule has 0 aromatic rings. The van der Waals surface area contributed by atoms with Gasteiger partial charge < -0.3 is 9.64 Å². The fourth-order valence-electron chi connectivity index (χ4n) is 2.39. The number of rotatable bonds is 3. The van der Waals surface area contributed by atoms with Crippen molar-refractivity contribution in [2.45, 2.75) is 78.4 Å². The predicted molar refractivity (Wildman–Crippen MR) is 74.7 cm³/mol. The van der Waals surface area contributed by atoms with Crippen molar-refractivity contribution in [1.29, 1.82) is 0 Å². The van der Waals surface area contributed by atoms with Gasteiger partial charge in [0.1, 0.15) is 5.60 Å². The van der Waals surface area contributed by atoms with Crippen molar-refractivity contribution in [1.82, 2.24) is 4.90 Å². The molecule has 1 heterocycles. The van der Waals surface area contributed by atoms with Crippen molar-refractivity contribution in [3.05, 3.63) is 0 Å². The molecule has 106 valence electrons. The van der Waals surface area contributed by atoms with Crippen molar-refractivity contribution in [2.24, 2.45) is 5.92 Å². The van der Waals surface area contributed by atoms with Crippen LogP contribution < -0.4 is 0 Å². The number of amides is 1. The molecule has 1 fully saturated rings. The number of ether oxygens (including phenoxy) is 1. The zero-order chi connectivity index (χ0) is 13.8. The molecule has 0 spiro atoms. The van der Waals surface area contributed by atoms with E-state index in [2.05, 4.69) is 13.8 Å². The Morgan fingerprint density at radius 1 is 1.33 bits per heavy atom. The number of carbonyl (C=O) groups excluding carboxylic acids is 1. The highest BCUT2D eigenvalue weighted by Gasteiger charge is 2.30. The first kappa shape index (κ1) is 15.3. The molecular weight excluding hydrogens is 226 g/mol. The van der Waals surface area contributed by atoms with E-state index in [1.165, 1.54) is 12.8 Å². The van der Waals surface area contributed by atoms with Gasteiger partial charge in [-0.15, -0.1) is 0 Å². The summed E-state index contributed by atoms with van der Waals surface area (Å²) in [6, 6.07) is 0.385. The van der Waals surface area contributed by atoms with Gasteiger partial charge >= 0.3 is 6.09 Å². The Labute approximate surface area is 112 Å². The fraction of sp³-hybridized carbons (Fsp3) is 0.933. The average molecular weight is 255 g/mol. The van der Waals surface area contributed by atoms with Crippen molar-refractivity contribution in [2.75, 3.05) is 6.54 Å². The number of likely N-dealkylation sites (tertiary alicyclic amines) is 1. The van der Waals surface area contributed by atoms with Crippen LogP contribution in [0.2, 0.25) is 0 Å². The SMILES string of the molecule is CC(C)CCC1CCCCN1C(=O)OC(C)(C)C. The first-order valence-corrected chi connectivity index (χ1v) is 7.29. The summed E-state index contributed by atoms with van der Waals surface area (Å²) in [4.78, 5) is 14.1. The molecule has 3 heteroatoms. The Morgan fingerprint density at radius 3 is 2.56 bits per heavy atom. The normalized spacial score (nSPS) is 21.2. The first-order chi connectivity index (χ1) is 8.29. The molecule has 0 aromatic carbocycles. The second-order valence-corrected chi connectivity index (χ2v) is 6.79. The van der Waals surface area contributed by atoms with Gasteiger partial charge in [-0.25, -0.2) is 4.79 Å². The van der Waals surface area contributed by atoms with E-state index in [0.717, 1.165) is 25.8 Å². The van der Waals surface area contributed by atoms with E-state index in [1.54, 1.807) is 0 Å². The lowest BCUT2D eigenvalue weighted by atomic mass is 9.95. The number of piperidine rings is 1. The van der Waals surface area contributed by atoms with Crippen LogP contribution in [0.4, 0.5) is 4.79 Å². The monoisotopic (exact) mass is 255 g/mol. The van der Waals surface area contributed by atoms with Crippen LogP contribution >= 0.6 is 0 Å². The molecule has 0 aliphatic carbocycles. The third-order valence-corrected chi connectivity index (χ3v) is 3.33. The van der Waals surface area contributed by atoms with E-state index >= 15 is 0 Å². The highest BCUT2D eigenvalue weighted by atomic mass is 16.6. The summed E-state index contributed by atoms with van der Waals surface area (Å²) in [7, 11) is 0. The van der Waals surface area contributed by atoms with Crippen LogP contribution in [-0.4, -0.2) is 29.2 Å². The number of hydrogen-bond acceptors (Lipinski definition) is 2. The van der Waals surface area contributed by atoms with Crippen molar-refractivity contribution in [3.8, 4) is 0 Å². The zero-order valence-corrected chi connectivity index (χ0v) is 12.7. The molecule has 0 aromatic heterocycles. The molecule has 0 saturated carbocycles. The summed E-state index contributed by atoms with van der Waals surface area (Å²) in [5, 5.41) is 0. The molecule has 1 aliphatic rings. The first-order valence-electron chi connectivity index (χ1n) is 7.29. The second-order valence-electron chi connectivity index (χ2n) is 6.79. The maximum Gasteiger partial charge on any atom is 0.410 e. The smallest absolute Gasteiger partial charge is 0.410 e. The van der Waals surface area contributed by atoms with Gasteiger partial charge in [0.05, 0.1) is 0 Å². The Bertz CT molecular complexity index is 268. The minimum Gasteiger partial charge on any atom is -0.444 e. The van der Waals surface area contributed by atoms with Gasteiger partial charge in [0.25, 0.3) is 0 Å². The standard InChI is InChI=1S/C15H29NO2/c1-12(2)9-10-13-8-6-7-11-16(13)14(17)18-15(3,4)5/h12-13H,6-11H2,1-5H3. The summed E-state index contributed by atoms with van der Waals surface area (Å²) in [5.74, 6) is 0.701.